The van der Waals surface area contributed by atoms with Crippen LogP contribution >= 0.6 is 0 Å². The number of rotatable bonds is 7. The molecule has 0 aliphatic carbocycles. The topological polar surface area (TPSA) is 25.6 Å². The molecule has 0 unspecified atom stereocenters. The summed E-state index contributed by atoms with van der Waals surface area (Å²) in [5.74, 6) is 2.71. The number of nitrogens with zero attached hydrogens (tertiary/aromatic N) is 1. The van der Waals surface area contributed by atoms with Crippen LogP contribution in [-0.2, 0) is 6.54 Å². The van der Waals surface area contributed by atoms with Gasteiger partial charge in [-0.15, -0.1) is 0 Å². The normalized spacial score (nSPS) is 15.9. The van der Waals surface area contributed by atoms with Crippen molar-refractivity contribution in [2.45, 2.75) is 46.1 Å². The Kier molecular flexibility index (Phi) is 6.01. The number of hydrogen-bond donors (Lipinski definition) is 0. The van der Waals surface area contributed by atoms with Crippen LogP contribution in [0.1, 0.15) is 45.1 Å². The Bertz CT molecular complexity index is 889. The van der Waals surface area contributed by atoms with Gasteiger partial charge in [-0.05, 0) is 68.1 Å². The van der Waals surface area contributed by atoms with Gasteiger partial charge in [0, 0.05) is 17.5 Å². The molecule has 3 heteroatoms. The summed E-state index contributed by atoms with van der Waals surface area (Å²) >= 11 is 0. The fourth-order valence-electron chi connectivity index (χ4n) is 3.84. The van der Waals surface area contributed by atoms with Crippen LogP contribution in [0.2, 0.25) is 0 Å². The zero-order valence-corrected chi connectivity index (χ0v) is 17.1. The van der Waals surface area contributed by atoms with Crippen molar-refractivity contribution in [1.82, 2.24) is 4.90 Å². The van der Waals surface area contributed by atoms with Crippen LogP contribution in [-0.4, -0.2) is 24.6 Å². The average Bonchev–Trinajstić information content (AvgIpc) is 3.14. The SMILES string of the molecule is CCCCOc1ccc2oc(-c3ccc(CN4CCC(C)CC4)cc3)cc2c1. The van der Waals surface area contributed by atoms with Gasteiger partial charge in [0.05, 0.1) is 6.61 Å². The molecule has 4 rings (SSSR count). The maximum atomic E-state index is 6.07. The molecule has 3 aromatic rings. The van der Waals surface area contributed by atoms with Crippen molar-refractivity contribution < 1.29 is 9.15 Å². The Balaban J connectivity index is 1.44. The summed E-state index contributed by atoms with van der Waals surface area (Å²) in [7, 11) is 0. The largest absolute Gasteiger partial charge is 0.494 e. The minimum absolute atomic E-state index is 0.768. The van der Waals surface area contributed by atoms with Gasteiger partial charge in [0.2, 0.25) is 0 Å². The predicted molar refractivity (Wildman–Crippen MR) is 116 cm³/mol. The van der Waals surface area contributed by atoms with Gasteiger partial charge in [-0.1, -0.05) is 44.5 Å². The molecule has 0 bridgehead atoms. The van der Waals surface area contributed by atoms with E-state index < -0.39 is 0 Å². The molecule has 0 amide bonds. The van der Waals surface area contributed by atoms with Gasteiger partial charge < -0.3 is 9.15 Å². The van der Waals surface area contributed by atoms with E-state index in [1.165, 1.54) is 31.5 Å². The van der Waals surface area contributed by atoms with Crippen molar-refractivity contribution >= 4 is 11.0 Å². The summed E-state index contributed by atoms with van der Waals surface area (Å²) in [4.78, 5) is 2.57. The lowest BCUT2D eigenvalue weighted by molar-refractivity contribution is 0.185. The summed E-state index contributed by atoms with van der Waals surface area (Å²) in [6, 6.07) is 17.0. The van der Waals surface area contributed by atoms with E-state index in [0.717, 1.165) is 60.0 Å². The Morgan fingerprint density at radius 2 is 1.82 bits per heavy atom. The van der Waals surface area contributed by atoms with Crippen LogP contribution in [0.25, 0.3) is 22.3 Å². The van der Waals surface area contributed by atoms with Crippen molar-refractivity contribution in [3.63, 3.8) is 0 Å². The number of piperidine rings is 1. The van der Waals surface area contributed by atoms with Crippen LogP contribution in [0.3, 0.4) is 0 Å². The van der Waals surface area contributed by atoms with E-state index in [2.05, 4.69) is 55.1 Å². The van der Waals surface area contributed by atoms with Crippen LogP contribution in [0.15, 0.2) is 52.9 Å². The van der Waals surface area contributed by atoms with Gasteiger partial charge in [0.1, 0.15) is 17.1 Å². The van der Waals surface area contributed by atoms with E-state index in [4.69, 9.17) is 9.15 Å². The number of unbranched alkanes of at least 4 members (excludes halogenated alkanes) is 1. The summed E-state index contributed by atoms with van der Waals surface area (Å²) in [6.45, 7) is 8.78. The molecule has 1 fully saturated rings. The highest BCUT2D eigenvalue weighted by Gasteiger charge is 2.15. The van der Waals surface area contributed by atoms with Gasteiger partial charge in [0.15, 0.2) is 0 Å². The molecule has 0 N–H and O–H groups in total. The molecular formula is C25H31NO2. The molecule has 28 heavy (non-hydrogen) atoms. The highest BCUT2D eigenvalue weighted by atomic mass is 16.5. The van der Waals surface area contributed by atoms with Crippen LogP contribution in [0.5, 0.6) is 5.75 Å². The molecule has 148 valence electrons. The molecule has 1 saturated heterocycles. The third kappa shape index (κ3) is 4.59. The van der Waals surface area contributed by atoms with Crippen LogP contribution in [0.4, 0.5) is 0 Å². The van der Waals surface area contributed by atoms with Crippen LogP contribution < -0.4 is 4.74 Å². The van der Waals surface area contributed by atoms with Crippen molar-refractivity contribution in [2.75, 3.05) is 19.7 Å². The number of fused-ring (bicyclic) bond motifs is 1. The zero-order valence-electron chi connectivity index (χ0n) is 17.1. The molecule has 2 aromatic carbocycles. The maximum Gasteiger partial charge on any atom is 0.135 e. The van der Waals surface area contributed by atoms with E-state index in [0.29, 0.717) is 0 Å². The second kappa shape index (κ2) is 8.83. The summed E-state index contributed by atoms with van der Waals surface area (Å²) < 4.78 is 11.9. The first-order chi connectivity index (χ1) is 13.7. The molecular weight excluding hydrogens is 346 g/mol. The van der Waals surface area contributed by atoms with E-state index >= 15 is 0 Å². The quantitative estimate of drug-likeness (QED) is 0.439. The Labute approximate surface area is 168 Å². The minimum Gasteiger partial charge on any atom is -0.494 e. The Morgan fingerprint density at radius 1 is 1.04 bits per heavy atom. The first-order valence-corrected chi connectivity index (χ1v) is 10.7. The molecule has 0 atom stereocenters. The number of likely N-dealkylation sites (tertiary alicyclic amines) is 1. The van der Waals surface area contributed by atoms with Gasteiger partial charge >= 0.3 is 0 Å². The summed E-state index contributed by atoms with van der Waals surface area (Å²) in [5, 5.41) is 1.09. The lowest BCUT2D eigenvalue weighted by Gasteiger charge is -2.30. The van der Waals surface area contributed by atoms with Gasteiger partial charge in [-0.2, -0.15) is 0 Å². The maximum absolute atomic E-state index is 6.07. The Hall–Kier alpha value is -2.26. The second-order valence-electron chi connectivity index (χ2n) is 8.17. The first kappa shape index (κ1) is 19.1. The molecule has 0 saturated carbocycles. The van der Waals surface area contributed by atoms with Crippen molar-refractivity contribution in [1.29, 1.82) is 0 Å². The monoisotopic (exact) mass is 377 g/mol. The molecule has 0 spiro atoms. The minimum atomic E-state index is 0.768. The van der Waals surface area contributed by atoms with Gasteiger partial charge in [0.25, 0.3) is 0 Å². The lowest BCUT2D eigenvalue weighted by Crippen LogP contribution is -2.32. The highest BCUT2D eigenvalue weighted by molar-refractivity contribution is 5.84. The fraction of sp³-hybridized carbons (Fsp3) is 0.440. The number of hydrogen-bond acceptors (Lipinski definition) is 3. The van der Waals surface area contributed by atoms with E-state index in [1.54, 1.807) is 0 Å². The fourth-order valence-corrected chi connectivity index (χ4v) is 3.84. The number of ether oxygens (including phenoxy) is 1. The first-order valence-electron chi connectivity index (χ1n) is 10.7. The number of furan rings is 1. The molecule has 1 aliphatic heterocycles. The average molecular weight is 378 g/mol. The molecule has 1 aliphatic rings. The van der Waals surface area contributed by atoms with E-state index in [1.807, 2.05) is 12.1 Å². The lowest BCUT2D eigenvalue weighted by atomic mass is 9.99. The summed E-state index contributed by atoms with van der Waals surface area (Å²) in [6.07, 6.45) is 4.87. The molecule has 3 nitrogen and oxygen atoms in total. The van der Waals surface area contributed by atoms with Gasteiger partial charge in [-0.25, -0.2) is 0 Å². The van der Waals surface area contributed by atoms with Crippen molar-refractivity contribution in [3.05, 3.63) is 54.1 Å². The number of benzene rings is 2. The van der Waals surface area contributed by atoms with Crippen molar-refractivity contribution in [2.24, 2.45) is 5.92 Å². The summed E-state index contributed by atoms with van der Waals surface area (Å²) in [5.41, 5.74) is 3.41. The molecule has 2 heterocycles. The van der Waals surface area contributed by atoms with Crippen molar-refractivity contribution in [3.8, 4) is 17.1 Å². The zero-order chi connectivity index (χ0) is 19.3. The van der Waals surface area contributed by atoms with Gasteiger partial charge in [-0.3, -0.25) is 4.90 Å². The molecule has 1 aromatic heterocycles. The van der Waals surface area contributed by atoms with E-state index in [9.17, 15) is 0 Å². The molecule has 0 radical (unpaired) electrons. The standard InChI is InChI=1S/C25H31NO2/c1-3-4-15-27-23-9-10-24-22(16-23)17-25(28-24)21-7-5-20(6-8-21)18-26-13-11-19(2)12-14-26/h5-10,16-17,19H,3-4,11-15,18H2,1-2H3. The third-order valence-electron chi connectivity index (χ3n) is 5.78. The second-order valence-corrected chi connectivity index (χ2v) is 8.17. The van der Waals surface area contributed by atoms with Crippen LogP contribution in [0, 0.1) is 5.92 Å². The predicted octanol–water partition coefficient (Wildman–Crippen LogP) is 6.51. The smallest absolute Gasteiger partial charge is 0.135 e. The highest BCUT2D eigenvalue weighted by Crippen LogP contribution is 2.30. The third-order valence-corrected chi connectivity index (χ3v) is 5.78. The Morgan fingerprint density at radius 3 is 2.57 bits per heavy atom. The van der Waals surface area contributed by atoms with E-state index in [-0.39, 0.29) is 0 Å².